The molecule has 0 aliphatic carbocycles. The number of likely N-dealkylation sites (N-methyl/N-ethyl adjacent to an activating group) is 1. The van der Waals surface area contributed by atoms with E-state index in [-0.39, 0.29) is 17.3 Å². The van der Waals surface area contributed by atoms with Crippen molar-refractivity contribution in [3.63, 3.8) is 0 Å². The van der Waals surface area contributed by atoms with Gasteiger partial charge >= 0.3 is 5.97 Å². The van der Waals surface area contributed by atoms with Gasteiger partial charge in [0.05, 0.1) is 30.5 Å². The van der Waals surface area contributed by atoms with Crippen molar-refractivity contribution in [2.75, 3.05) is 32.6 Å². The molecule has 0 saturated heterocycles. The van der Waals surface area contributed by atoms with Crippen molar-refractivity contribution in [3.05, 3.63) is 45.1 Å². The Balaban J connectivity index is 1.84. The smallest absolute Gasteiger partial charge is 0.316 e. The van der Waals surface area contributed by atoms with Crippen molar-refractivity contribution in [2.45, 2.75) is 32.0 Å². The third-order valence-electron chi connectivity index (χ3n) is 5.33. The summed E-state index contributed by atoms with van der Waals surface area (Å²) in [6.45, 7) is 7.02. The molecular formula is C22H25N3O4S2. The predicted molar refractivity (Wildman–Crippen MR) is 124 cm³/mol. The van der Waals surface area contributed by atoms with Crippen LogP contribution in [0.2, 0.25) is 0 Å². The molecule has 164 valence electrons. The molecule has 0 bridgehead atoms. The van der Waals surface area contributed by atoms with Crippen molar-refractivity contribution >= 4 is 39.3 Å². The van der Waals surface area contributed by atoms with Crippen LogP contribution in [0.15, 0.2) is 34.2 Å². The fourth-order valence-electron chi connectivity index (χ4n) is 3.73. The van der Waals surface area contributed by atoms with Crippen LogP contribution in [0.5, 0.6) is 5.75 Å². The molecule has 1 aliphatic rings. The molecule has 3 aromatic rings. The number of carbonyl (C=O) groups is 1. The molecule has 0 spiro atoms. The van der Waals surface area contributed by atoms with Crippen LogP contribution in [0, 0.1) is 0 Å². The van der Waals surface area contributed by atoms with Crippen molar-refractivity contribution in [3.8, 4) is 11.4 Å². The third kappa shape index (κ3) is 4.35. The maximum atomic E-state index is 13.7. The van der Waals surface area contributed by atoms with Crippen LogP contribution >= 0.6 is 23.1 Å². The van der Waals surface area contributed by atoms with Gasteiger partial charge in [-0.1, -0.05) is 18.7 Å². The standard InChI is InChI=1S/C22H25N3O4S2/c1-4-24-11-10-16-17(12-24)31-20-19(16)21(27)25(14-6-8-15(28-3)9-7-14)22(23-20)30-13-18(26)29-5-2/h6-9H,4-5,10-13H2,1-3H3. The van der Waals surface area contributed by atoms with Crippen molar-refractivity contribution < 1.29 is 14.3 Å². The summed E-state index contributed by atoms with van der Waals surface area (Å²) in [7, 11) is 1.60. The van der Waals surface area contributed by atoms with Crippen LogP contribution in [0.3, 0.4) is 0 Å². The normalized spacial score (nSPS) is 13.9. The molecule has 3 heterocycles. The summed E-state index contributed by atoms with van der Waals surface area (Å²) < 4.78 is 11.9. The molecule has 31 heavy (non-hydrogen) atoms. The van der Waals surface area contributed by atoms with Gasteiger partial charge in [-0.2, -0.15) is 0 Å². The lowest BCUT2D eigenvalue weighted by Gasteiger charge is -2.25. The average molecular weight is 460 g/mol. The first-order valence-corrected chi connectivity index (χ1v) is 12.1. The Kier molecular flexibility index (Phi) is 6.64. The molecule has 0 atom stereocenters. The van der Waals surface area contributed by atoms with Gasteiger partial charge in [0.1, 0.15) is 10.6 Å². The van der Waals surface area contributed by atoms with Gasteiger partial charge in [0.15, 0.2) is 5.16 Å². The van der Waals surface area contributed by atoms with E-state index < -0.39 is 0 Å². The number of carbonyl (C=O) groups excluding carboxylic acids is 1. The molecule has 0 saturated carbocycles. The zero-order chi connectivity index (χ0) is 22.0. The summed E-state index contributed by atoms with van der Waals surface area (Å²) in [5, 5.41) is 1.19. The molecule has 9 heteroatoms. The molecule has 0 fully saturated rings. The number of hydrogen-bond donors (Lipinski definition) is 0. The molecule has 0 unspecified atom stereocenters. The number of aromatic nitrogens is 2. The molecule has 1 aliphatic heterocycles. The minimum atomic E-state index is -0.327. The summed E-state index contributed by atoms with van der Waals surface area (Å²) in [5.41, 5.74) is 1.72. The van der Waals surface area contributed by atoms with E-state index in [9.17, 15) is 9.59 Å². The summed E-state index contributed by atoms with van der Waals surface area (Å²) in [5.74, 6) is 0.475. The number of ether oxygens (including phenoxy) is 2. The topological polar surface area (TPSA) is 73.7 Å². The fraction of sp³-hybridized carbons (Fsp3) is 0.409. The number of fused-ring (bicyclic) bond motifs is 3. The third-order valence-corrected chi connectivity index (χ3v) is 7.35. The zero-order valence-corrected chi connectivity index (χ0v) is 19.5. The second-order valence-electron chi connectivity index (χ2n) is 7.13. The Morgan fingerprint density at radius 2 is 2.03 bits per heavy atom. The molecule has 0 radical (unpaired) electrons. The molecular weight excluding hydrogens is 434 g/mol. The summed E-state index contributed by atoms with van der Waals surface area (Å²) in [6.07, 6.45) is 0.845. The molecule has 2 aromatic heterocycles. The van der Waals surface area contributed by atoms with Gasteiger partial charge in [-0.15, -0.1) is 11.3 Å². The van der Waals surface area contributed by atoms with E-state index in [1.807, 2.05) is 24.3 Å². The van der Waals surface area contributed by atoms with Crippen LogP contribution in [-0.4, -0.2) is 53.0 Å². The quantitative estimate of drug-likeness (QED) is 0.304. The number of benzene rings is 1. The van der Waals surface area contributed by atoms with Gasteiger partial charge in [0.25, 0.3) is 5.56 Å². The first-order chi connectivity index (χ1) is 15.0. The summed E-state index contributed by atoms with van der Waals surface area (Å²) >= 11 is 2.81. The van der Waals surface area contributed by atoms with E-state index in [4.69, 9.17) is 14.5 Å². The SMILES string of the molecule is CCOC(=O)CSc1nc2sc3c(c2c(=O)n1-c1ccc(OC)cc1)CCN(CC)C3. The van der Waals surface area contributed by atoms with Crippen LogP contribution in [0.1, 0.15) is 24.3 Å². The molecule has 4 rings (SSSR count). The fourth-order valence-corrected chi connectivity index (χ4v) is 5.84. The number of methoxy groups -OCH3 is 1. The van der Waals surface area contributed by atoms with E-state index >= 15 is 0 Å². The maximum Gasteiger partial charge on any atom is 0.316 e. The second-order valence-corrected chi connectivity index (χ2v) is 9.16. The van der Waals surface area contributed by atoms with E-state index in [1.54, 1.807) is 29.9 Å². The highest BCUT2D eigenvalue weighted by Crippen LogP contribution is 2.34. The number of rotatable bonds is 7. The largest absolute Gasteiger partial charge is 0.497 e. The van der Waals surface area contributed by atoms with Crippen LogP contribution < -0.4 is 10.3 Å². The van der Waals surface area contributed by atoms with Crippen molar-refractivity contribution in [1.29, 1.82) is 0 Å². The van der Waals surface area contributed by atoms with Crippen molar-refractivity contribution in [2.24, 2.45) is 0 Å². The minimum Gasteiger partial charge on any atom is -0.497 e. The Morgan fingerprint density at radius 1 is 1.26 bits per heavy atom. The van der Waals surface area contributed by atoms with Gasteiger partial charge in [-0.25, -0.2) is 4.98 Å². The maximum absolute atomic E-state index is 13.7. The molecule has 7 nitrogen and oxygen atoms in total. The number of thioether (sulfide) groups is 1. The van der Waals surface area contributed by atoms with Gasteiger partial charge in [-0.05, 0) is 49.7 Å². The molecule has 0 N–H and O–H groups in total. The Labute approximate surface area is 189 Å². The Bertz CT molecular complexity index is 1150. The van der Waals surface area contributed by atoms with E-state index in [2.05, 4.69) is 11.8 Å². The van der Waals surface area contributed by atoms with Gasteiger partial charge in [0.2, 0.25) is 0 Å². The Hall–Kier alpha value is -2.36. The first-order valence-electron chi connectivity index (χ1n) is 10.3. The highest BCUT2D eigenvalue weighted by molar-refractivity contribution is 7.99. The van der Waals surface area contributed by atoms with E-state index in [0.717, 1.165) is 36.4 Å². The van der Waals surface area contributed by atoms with Crippen LogP contribution in [0.25, 0.3) is 15.9 Å². The Morgan fingerprint density at radius 3 is 2.71 bits per heavy atom. The first kappa shape index (κ1) is 21.9. The summed E-state index contributed by atoms with van der Waals surface area (Å²) in [6, 6.07) is 7.29. The highest BCUT2D eigenvalue weighted by Gasteiger charge is 2.25. The minimum absolute atomic E-state index is 0.0935. The number of hydrogen-bond acceptors (Lipinski definition) is 8. The second kappa shape index (κ2) is 9.42. The monoisotopic (exact) mass is 459 g/mol. The highest BCUT2D eigenvalue weighted by atomic mass is 32.2. The number of nitrogens with zero attached hydrogens (tertiary/aromatic N) is 3. The van der Waals surface area contributed by atoms with Crippen LogP contribution in [0.4, 0.5) is 0 Å². The molecule has 1 aromatic carbocycles. The van der Waals surface area contributed by atoms with E-state index in [1.165, 1.54) is 16.6 Å². The van der Waals surface area contributed by atoms with Crippen molar-refractivity contribution in [1.82, 2.24) is 14.5 Å². The van der Waals surface area contributed by atoms with Crippen LogP contribution in [-0.2, 0) is 22.5 Å². The number of thiophene rings is 1. The lowest BCUT2D eigenvalue weighted by Crippen LogP contribution is -2.30. The lowest BCUT2D eigenvalue weighted by molar-refractivity contribution is -0.139. The zero-order valence-electron chi connectivity index (χ0n) is 17.8. The molecule has 0 amide bonds. The van der Waals surface area contributed by atoms with Gasteiger partial charge < -0.3 is 9.47 Å². The number of esters is 1. The average Bonchev–Trinajstić information content (AvgIpc) is 3.15. The predicted octanol–water partition coefficient (Wildman–Crippen LogP) is 3.49. The summed E-state index contributed by atoms with van der Waals surface area (Å²) in [4.78, 5) is 34.8. The van der Waals surface area contributed by atoms with E-state index in [0.29, 0.717) is 28.6 Å². The van der Waals surface area contributed by atoms with Gasteiger partial charge in [0, 0.05) is 18.0 Å². The van der Waals surface area contributed by atoms with Gasteiger partial charge in [-0.3, -0.25) is 19.1 Å². The lowest BCUT2D eigenvalue weighted by atomic mass is 10.1.